The van der Waals surface area contributed by atoms with Gasteiger partial charge in [-0.1, -0.05) is 0 Å². The van der Waals surface area contributed by atoms with E-state index in [1.54, 1.807) is 7.11 Å². The summed E-state index contributed by atoms with van der Waals surface area (Å²) in [4.78, 5) is 3.99. The van der Waals surface area contributed by atoms with Crippen LogP contribution in [0.4, 0.5) is 0 Å². The van der Waals surface area contributed by atoms with Gasteiger partial charge in [-0.3, -0.25) is 4.90 Å². The number of aryl methyl sites for hydroxylation is 1. The fourth-order valence-electron chi connectivity index (χ4n) is 3.22. The number of hydrogen-bond acceptors (Lipinski definition) is 4. The number of aliphatic hydroxyl groups excluding tert-OH is 1. The Kier molecular flexibility index (Phi) is 6.02. The summed E-state index contributed by atoms with van der Waals surface area (Å²) in [6.07, 6.45) is 4.45. The van der Waals surface area contributed by atoms with Gasteiger partial charge in [0.05, 0.1) is 0 Å². The lowest BCUT2D eigenvalue weighted by Crippen LogP contribution is -2.45. The van der Waals surface area contributed by atoms with Gasteiger partial charge in [0, 0.05) is 43.7 Å². The molecule has 114 valence electrons. The molecule has 20 heavy (non-hydrogen) atoms. The first-order valence-electron chi connectivity index (χ1n) is 7.54. The fraction of sp³-hybridized carbons (Fsp3) is 0.750. The van der Waals surface area contributed by atoms with Crippen LogP contribution in [0.25, 0.3) is 0 Å². The SMILES string of the molecule is COCCC[C@@]1(CO)CCCN(Cc2sccc2C)C1. The Bertz CT molecular complexity index is 407. The first-order chi connectivity index (χ1) is 9.69. The van der Waals surface area contributed by atoms with Crippen molar-refractivity contribution < 1.29 is 9.84 Å². The van der Waals surface area contributed by atoms with Gasteiger partial charge in [0.2, 0.25) is 0 Å². The van der Waals surface area contributed by atoms with Gasteiger partial charge in [0.15, 0.2) is 0 Å². The second-order valence-corrected chi connectivity index (χ2v) is 7.10. The van der Waals surface area contributed by atoms with Crippen molar-refractivity contribution in [1.29, 1.82) is 0 Å². The van der Waals surface area contributed by atoms with E-state index < -0.39 is 0 Å². The smallest absolute Gasteiger partial charge is 0.0499 e. The summed E-state index contributed by atoms with van der Waals surface area (Å²) in [5.74, 6) is 0. The van der Waals surface area contributed by atoms with E-state index in [2.05, 4.69) is 23.3 Å². The molecular weight excluding hydrogens is 270 g/mol. The van der Waals surface area contributed by atoms with E-state index in [1.165, 1.54) is 16.9 Å². The van der Waals surface area contributed by atoms with Crippen molar-refractivity contribution in [2.75, 3.05) is 33.4 Å². The molecule has 0 unspecified atom stereocenters. The van der Waals surface area contributed by atoms with Crippen LogP contribution in [0.1, 0.15) is 36.1 Å². The maximum atomic E-state index is 9.87. The van der Waals surface area contributed by atoms with Gasteiger partial charge >= 0.3 is 0 Å². The molecule has 1 fully saturated rings. The molecule has 0 aromatic carbocycles. The maximum absolute atomic E-state index is 9.87. The van der Waals surface area contributed by atoms with Crippen molar-refractivity contribution in [3.05, 3.63) is 21.9 Å². The summed E-state index contributed by atoms with van der Waals surface area (Å²) in [6, 6.07) is 2.20. The van der Waals surface area contributed by atoms with Gasteiger partial charge in [0.1, 0.15) is 0 Å². The number of piperidine rings is 1. The van der Waals surface area contributed by atoms with Crippen molar-refractivity contribution in [1.82, 2.24) is 4.90 Å². The van der Waals surface area contributed by atoms with Crippen molar-refractivity contribution in [2.45, 2.75) is 39.2 Å². The first-order valence-corrected chi connectivity index (χ1v) is 8.42. The summed E-state index contributed by atoms with van der Waals surface area (Å²) in [5.41, 5.74) is 1.48. The lowest BCUT2D eigenvalue weighted by Gasteiger charge is -2.42. The summed E-state index contributed by atoms with van der Waals surface area (Å²) in [7, 11) is 1.75. The van der Waals surface area contributed by atoms with Crippen molar-refractivity contribution >= 4 is 11.3 Å². The van der Waals surface area contributed by atoms with E-state index in [0.717, 1.165) is 45.5 Å². The van der Waals surface area contributed by atoms with E-state index in [0.29, 0.717) is 6.61 Å². The molecule has 4 heteroatoms. The minimum atomic E-state index is 0.0853. The minimum absolute atomic E-state index is 0.0853. The second-order valence-electron chi connectivity index (χ2n) is 6.10. The number of hydrogen-bond donors (Lipinski definition) is 1. The highest BCUT2D eigenvalue weighted by Gasteiger charge is 2.34. The normalized spacial score (nSPS) is 24.1. The van der Waals surface area contributed by atoms with Crippen LogP contribution < -0.4 is 0 Å². The highest BCUT2D eigenvalue weighted by atomic mass is 32.1. The van der Waals surface area contributed by atoms with E-state index in [1.807, 2.05) is 11.3 Å². The number of methoxy groups -OCH3 is 1. The molecule has 1 aromatic rings. The molecule has 1 N–H and O–H groups in total. The topological polar surface area (TPSA) is 32.7 Å². The number of aliphatic hydroxyl groups is 1. The summed E-state index contributed by atoms with van der Waals surface area (Å²) in [5, 5.41) is 12.0. The number of thiophene rings is 1. The van der Waals surface area contributed by atoms with Crippen LogP contribution >= 0.6 is 11.3 Å². The zero-order valence-corrected chi connectivity index (χ0v) is 13.5. The monoisotopic (exact) mass is 297 g/mol. The quantitative estimate of drug-likeness (QED) is 0.785. The van der Waals surface area contributed by atoms with Crippen LogP contribution in [0, 0.1) is 12.3 Å². The summed E-state index contributed by atoms with van der Waals surface area (Å²) < 4.78 is 5.16. The van der Waals surface area contributed by atoms with Crippen LogP contribution in [0.15, 0.2) is 11.4 Å². The average molecular weight is 297 g/mol. The van der Waals surface area contributed by atoms with Gasteiger partial charge in [-0.15, -0.1) is 11.3 Å². The van der Waals surface area contributed by atoms with Gasteiger partial charge < -0.3 is 9.84 Å². The Morgan fingerprint density at radius 1 is 1.50 bits per heavy atom. The van der Waals surface area contributed by atoms with E-state index in [-0.39, 0.29) is 5.41 Å². The molecule has 2 rings (SSSR count). The van der Waals surface area contributed by atoms with E-state index in [9.17, 15) is 5.11 Å². The number of ether oxygens (including phenoxy) is 1. The lowest BCUT2D eigenvalue weighted by molar-refractivity contribution is 0.0162. The zero-order valence-electron chi connectivity index (χ0n) is 12.7. The average Bonchev–Trinajstić information content (AvgIpc) is 2.85. The number of nitrogens with zero attached hydrogens (tertiary/aromatic N) is 1. The molecule has 3 nitrogen and oxygen atoms in total. The van der Waals surface area contributed by atoms with E-state index >= 15 is 0 Å². The molecule has 1 saturated heterocycles. The van der Waals surface area contributed by atoms with Crippen LogP contribution in [0.3, 0.4) is 0 Å². The molecule has 0 radical (unpaired) electrons. The summed E-state index contributed by atoms with van der Waals surface area (Å²) >= 11 is 1.85. The molecule has 1 aliphatic rings. The fourth-order valence-corrected chi connectivity index (χ4v) is 4.17. The Morgan fingerprint density at radius 3 is 3.00 bits per heavy atom. The third kappa shape index (κ3) is 4.04. The molecule has 1 aromatic heterocycles. The first kappa shape index (κ1) is 16.0. The minimum Gasteiger partial charge on any atom is -0.396 e. The molecule has 0 saturated carbocycles. The molecule has 0 bridgehead atoms. The summed E-state index contributed by atoms with van der Waals surface area (Å²) in [6.45, 7) is 6.50. The largest absolute Gasteiger partial charge is 0.396 e. The van der Waals surface area contributed by atoms with Crippen LogP contribution in [0.5, 0.6) is 0 Å². The van der Waals surface area contributed by atoms with E-state index in [4.69, 9.17) is 4.74 Å². The lowest BCUT2D eigenvalue weighted by atomic mass is 9.77. The molecular formula is C16H27NO2S. The third-order valence-electron chi connectivity index (χ3n) is 4.47. The Balaban J connectivity index is 1.93. The number of likely N-dealkylation sites (tertiary alicyclic amines) is 1. The zero-order chi connectivity index (χ0) is 14.4. The molecule has 0 amide bonds. The molecule has 0 spiro atoms. The third-order valence-corrected chi connectivity index (χ3v) is 5.47. The Hall–Kier alpha value is -0.420. The van der Waals surface area contributed by atoms with Gasteiger partial charge in [-0.05, 0) is 56.2 Å². The Labute approximate surface area is 126 Å². The van der Waals surface area contributed by atoms with Crippen LogP contribution in [0.2, 0.25) is 0 Å². The van der Waals surface area contributed by atoms with Crippen molar-refractivity contribution in [3.63, 3.8) is 0 Å². The standard InChI is InChI=1S/C16H27NO2S/c1-14-5-10-20-15(14)11-17-8-3-6-16(12-17,13-18)7-4-9-19-2/h5,10,18H,3-4,6-9,11-13H2,1-2H3/t16-/m0/s1. The van der Waals surface area contributed by atoms with Gasteiger partial charge in [-0.25, -0.2) is 0 Å². The van der Waals surface area contributed by atoms with Crippen LogP contribution in [-0.4, -0.2) is 43.4 Å². The predicted octanol–water partition coefficient (Wildman–Crippen LogP) is 3.06. The molecule has 0 aliphatic carbocycles. The molecule has 2 heterocycles. The highest BCUT2D eigenvalue weighted by molar-refractivity contribution is 7.10. The molecule has 1 atom stereocenters. The molecule has 1 aliphatic heterocycles. The van der Waals surface area contributed by atoms with Crippen molar-refractivity contribution in [2.24, 2.45) is 5.41 Å². The maximum Gasteiger partial charge on any atom is 0.0499 e. The predicted molar refractivity (Wildman–Crippen MR) is 84.2 cm³/mol. The second kappa shape index (κ2) is 7.55. The highest BCUT2D eigenvalue weighted by Crippen LogP contribution is 2.35. The van der Waals surface area contributed by atoms with Crippen LogP contribution in [-0.2, 0) is 11.3 Å². The Morgan fingerprint density at radius 2 is 2.35 bits per heavy atom. The van der Waals surface area contributed by atoms with Gasteiger partial charge in [0.25, 0.3) is 0 Å². The van der Waals surface area contributed by atoms with Gasteiger partial charge in [-0.2, -0.15) is 0 Å². The van der Waals surface area contributed by atoms with Crippen molar-refractivity contribution in [3.8, 4) is 0 Å². The number of rotatable bonds is 7.